The van der Waals surface area contributed by atoms with Crippen molar-refractivity contribution < 1.29 is 4.79 Å². The molecule has 4 rings (SSSR count). The van der Waals surface area contributed by atoms with Gasteiger partial charge in [-0.15, -0.1) is 0 Å². The number of hydrogen-bond acceptors (Lipinski definition) is 4. The smallest absolute Gasteiger partial charge is 0.272 e. The van der Waals surface area contributed by atoms with Gasteiger partial charge in [-0.05, 0) is 25.5 Å². The first-order valence-electron chi connectivity index (χ1n) is 9.37. The van der Waals surface area contributed by atoms with Crippen molar-refractivity contribution in [1.82, 2.24) is 25.3 Å². The molecule has 2 aromatic heterocycles. The first-order valence-corrected chi connectivity index (χ1v) is 9.37. The van der Waals surface area contributed by atoms with Gasteiger partial charge in [0.2, 0.25) is 0 Å². The molecule has 4 aromatic rings. The van der Waals surface area contributed by atoms with E-state index < -0.39 is 0 Å². The van der Waals surface area contributed by atoms with E-state index in [1.165, 1.54) is 0 Å². The number of nitrogens with one attached hydrogen (secondary N) is 2. The zero-order valence-electron chi connectivity index (χ0n) is 16.3. The molecule has 2 aromatic carbocycles. The molecular weight excluding hydrogens is 366 g/mol. The van der Waals surface area contributed by atoms with E-state index in [9.17, 15) is 9.59 Å². The van der Waals surface area contributed by atoms with Crippen LogP contribution in [0.1, 0.15) is 33.0 Å². The first kappa shape index (κ1) is 18.6. The lowest BCUT2D eigenvalue weighted by molar-refractivity contribution is 0.0946. The zero-order valence-corrected chi connectivity index (χ0v) is 16.3. The van der Waals surface area contributed by atoms with E-state index in [2.05, 4.69) is 32.7 Å². The Morgan fingerprint density at radius 1 is 1.03 bits per heavy atom. The minimum atomic E-state index is -0.341. The van der Waals surface area contributed by atoms with E-state index >= 15 is 0 Å². The SMILES string of the molecule is Cc1nn(Cc2ccccc2)c(C)c1CNC(=O)c1n[nH]c(=O)c2ccccc12. The van der Waals surface area contributed by atoms with Gasteiger partial charge in [-0.1, -0.05) is 48.5 Å². The molecule has 0 aliphatic heterocycles. The molecule has 1 amide bonds. The Labute approximate surface area is 167 Å². The van der Waals surface area contributed by atoms with Gasteiger partial charge in [-0.25, -0.2) is 5.10 Å². The molecule has 146 valence electrons. The van der Waals surface area contributed by atoms with E-state index in [4.69, 9.17) is 0 Å². The number of carbonyl (C=O) groups is 1. The van der Waals surface area contributed by atoms with Crippen molar-refractivity contribution in [3.8, 4) is 0 Å². The molecule has 0 atom stereocenters. The molecule has 0 fully saturated rings. The summed E-state index contributed by atoms with van der Waals surface area (Å²) in [5.74, 6) is -0.341. The predicted octanol–water partition coefficient (Wildman–Crippen LogP) is 2.71. The zero-order chi connectivity index (χ0) is 20.4. The third-order valence-electron chi connectivity index (χ3n) is 5.04. The third-order valence-corrected chi connectivity index (χ3v) is 5.04. The molecule has 0 aliphatic rings. The number of benzene rings is 2. The lowest BCUT2D eigenvalue weighted by Gasteiger charge is -2.08. The van der Waals surface area contributed by atoms with Crippen molar-refractivity contribution in [3.05, 3.63) is 93.2 Å². The summed E-state index contributed by atoms with van der Waals surface area (Å²) in [4.78, 5) is 24.7. The Morgan fingerprint density at radius 2 is 1.72 bits per heavy atom. The first-order chi connectivity index (χ1) is 14.0. The second-order valence-electron chi connectivity index (χ2n) is 6.92. The highest BCUT2D eigenvalue weighted by Gasteiger charge is 2.16. The van der Waals surface area contributed by atoms with E-state index in [0.717, 1.165) is 22.5 Å². The van der Waals surface area contributed by atoms with Crippen molar-refractivity contribution >= 4 is 16.7 Å². The van der Waals surface area contributed by atoms with Gasteiger partial charge >= 0.3 is 0 Å². The Bertz CT molecular complexity index is 1240. The maximum absolute atomic E-state index is 12.7. The molecule has 0 bridgehead atoms. The van der Waals surface area contributed by atoms with Crippen LogP contribution in [0.25, 0.3) is 10.8 Å². The van der Waals surface area contributed by atoms with Crippen molar-refractivity contribution in [2.24, 2.45) is 0 Å². The molecule has 0 spiro atoms. The molecule has 0 unspecified atom stereocenters. The molecular formula is C22H21N5O2. The normalized spacial score (nSPS) is 11.0. The number of nitrogens with zero attached hydrogens (tertiary/aromatic N) is 3. The van der Waals surface area contributed by atoms with Crippen molar-refractivity contribution in [2.75, 3.05) is 0 Å². The average Bonchev–Trinajstić information content (AvgIpc) is 3.00. The lowest BCUT2D eigenvalue weighted by Crippen LogP contribution is -2.26. The molecule has 0 saturated heterocycles. The van der Waals surface area contributed by atoms with Crippen LogP contribution >= 0.6 is 0 Å². The van der Waals surface area contributed by atoms with Crippen LogP contribution in [0.15, 0.2) is 59.4 Å². The largest absolute Gasteiger partial charge is 0.346 e. The summed E-state index contributed by atoms with van der Waals surface area (Å²) in [6.07, 6.45) is 0. The molecule has 7 heteroatoms. The van der Waals surface area contributed by atoms with E-state index in [1.807, 2.05) is 36.7 Å². The summed E-state index contributed by atoms with van der Waals surface area (Å²) < 4.78 is 1.94. The summed E-state index contributed by atoms with van der Waals surface area (Å²) in [7, 11) is 0. The van der Waals surface area contributed by atoms with Crippen molar-refractivity contribution in [3.63, 3.8) is 0 Å². The second kappa shape index (κ2) is 7.71. The third kappa shape index (κ3) is 3.67. The van der Waals surface area contributed by atoms with Gasteiger partial charge in [0.05, 0.1) is 17.6 Å². The number of H-pyrrole nitrogens is 1. The minimum absolute atomic E-state index is 0.201. The van der Waals surface area contributed by atoms with Crippen LogP contribution in [0.5, 0.6) is 0 Å². The van der Waals surface area contributed by atoms with Crippen LogP contribution in [-0.2, 0) is 13.1 Å². The number of amides is 1. The number of carbonyl (C=O) groups excluding carboxylic acids is 1. The van der Waals surface area contributed by atoms with Crippen LogP contribution in [0.2, 0.25) is 0 Å². The number of aryl methyl sites for hydroxylation is 1. The summed E-state index contributed by atoms with van der Waals surface area (Å²) >= 11 is 0. The Kier molecular flexibility index (Phi) is 4.95. The molecule has 2 heterocycles. The summed E-state index contributed by atoms with van der Waals surface area (Å²) in [6.45, 7) is 4.94. The molecule has 7 nitrogen and oxygen atoms in total. The number of rotatable bonds is 5. The predicted molar refractivity (Wildman–Crippen MR) is 111 cm³/mol. The second-order valence-corrected chi connectivity index (χ2v) is 6.92. The van der Waals surface area contributed by atoms with Gasteiger partial charge in [-0.3, -0.25) is 14.3 Å². The van der Waals surface area contributed by atoms with Gasteiger partial charge in [0.15, 0.2) is 5.69 Å². The molecule has 0 saturated carbocycles. The minimum Gasteiger partial charge on any atom is -0.346 e. The number of aromatic amines is 1. The van der Waals surface area contributed by atoms with Crippen LogP contribution < -0.4 is 10.9 Å². The maximum Gasteiger partial charge on any atom is 0.272 e. The molecule has 2 N–H and O–H groups in total. The monoisotopic (exact) mass is 387 g/mol. The lowest BCUT2D eigenvalue weighted by atomic mass is 10.1. The molecule has 29 heavy (non-hydrogen) atoms. The number of hydrogen-bond donors (Lipinski definition) is 2. The van der Waals surface area contributed by atoms with Gasteiger partial charge in [-0.2, -0.15) is 10.2 Å². The van der Waals surface area contributed by atoms with Crippen LogP contribution in [-0.4, -0.2) is 25.9 Å². The maximum atomic E-state index is 12.7. The Morgan fingerprint density at radius 3 is 2.48 bits per heavy atom. The highest BCUT2D eigenvalue weighted by molar-refractivity contribution is 6.04. The number of aromatic nitrogens is 4. The Hall–Kier alpha value is -3.74. The van der Waals surface area contributed by atoms with Gasteiger partial charge in [0, 0.05) is 23.2 Å². The van der Waals surface area contributed by atoms with Crippen LogP contribution in [0, 0.1) is 13.8 Å². The number of fused-ring (bicyclic) bond motifs is 1. The summed E-state index contributed by atoms with van der Waals surface area (Å²) in [5, 5.41) is 14.8. The standard InChI is InChI=1S/C22H21N5O2/c1-14-19(15(2)27(26-14)13-16-8-4-3-5-9-16)12-23-22(29)20-17-10-6-7-11-18(17)21(28)25-24-20/h3-11H,12-13H2,1-2H3,(H,23,29)(H,25,28). The van der Waals surface area contributed by atoms with Gasteiger partial charge < -0.3 is 5.32 Å². The summed E-state index contributed by atoms with van der Waals surface area (Å²) in [5.41, 5.74) is 3.91. The fourth-order valence-electron chi connectivity index (χ4n) is 3.44. The fraction of sp³-hybridized carbons (Fsp3) is 0.182. The quantitative estimate of drug-likeness (QED) is 0.551. The highest BCUT2D eigenvalue weighted by Crippen LogP contribution is 2.16. The van der Waals surface area contributed by atoms with Crippen molar-refractivity contribution in [2.45, 2.75) is 26.9 Å². The van der Waals surface area contributed by atoms with E-state index in [-0.39, 0.29) is 17.2 Å². The van der Waals surface area contributed by atoms with E-state index in [0.29, 0.717) is 23.9 Å². The molecule has 0 aliphatic carbocycles. The topological polar surface area (TPSA) is 92.7 Å². The van der Waals surface area contributed by atoms with Crippen LogP contribution in [0.4, 0.5) is 0 Å². The van der Waals surface area contributed by atoms with Gasteiger partial charge in [0.25, 0.3) is 11.5 Å². The molecule has 0 radical (unpaired) electrons. The van der Waals surface area contributed by atoms with Crippen LogP contribution in [0.3, 0.4) is 0 Å². The van der Waals surface area contributed by atoms with Crippen molar-refractivity contribution in [1.29, 1.82) is 0 Å². The summed E-state index contributed by atoms with van der Waals surface area (Å²) in [6, 6.07) is 17.0. The average molecular weight is 387 g/mol. The highest BCUT2D eigenvalue weighted by atomic mass is 16.2. The fourth-order valence-corrected chi connectivity index (χ4v) is 3.44. The Balaban J connectivity index is 1.55. The van der Waals surface area contributed by atoms with E-state index in [1.54, 1.807) is 24.3 Å². The van der Waals surface area contributed by atoms with Gasteiger partial charge in [0.1, 0.15) is 0 Å².